The number of allylic oxidation sites excluding steroid dienone is 12. The van der Waals surface area contributed by atoms with Crippen LogP contribution < -0.4 is 0 Å². The molecular formula is C60H104O6. The van der Waals surface area contributed by atoms with E-state index in [0.717, 1.165) is 89.9 Å². The highest BCUT2D eigenvalue weighted by Crippen LogP contribution is 2.15. The summed E-state index contributed by atoms with van der Waals surface area (Å²) in [6, 6.07) is 0. The fraction of sp³-hybridized carbons (Fsp3) is 0.750. The van der Waals surface area contributed by atoms with Crippen LogP contribution in [0.25, 0.3) is 0 Å². The number of rotatable bonds is 50. The maximum absolute atomic E-state index is 12.8. The molecule has 0 heterocycles. The molecule has 0 aromatic rings. The standard InChI is InChI=1S/C60H104O6/c1-4-7-10-13-16-19-22-24-26-28-30-32-33-35-38-41-44-47-50-53-59(62)65-56-57(55-64-58(61)52-49-46-43-40-37-21-18-15-12-9-6-3)66-60(63)54-51-48-45-42-39-36-34-31-29-27-25-23-20-17-14-11-8-5-2/h15-16,18-19,21-22,24,27,29,31,34,37,57H,4-14,17,20,23,25-26,28,30,32-33,35-36,38-56H2,1-3H3/b18-15-,19-16-,24-22-,29-27-,34-31-,37-21-. The van der Waals surface area contributed by atoms with E-state index in [2.05, 4.69) is 93.7 Å². The van der Waals surface area contributed by atoms with Gasteiger partial charge in [0.2, 0.25) is 0 Å². The zero-order chi connectivity index (χ0) is 47.9. The first-order valence-electron chi connectivity index (χ1n) is 28.0. The molecule has 0 saturated heterocycles. The fourth-order valence-electron chi connectivity index (χ4n) is 7.70. The molecule has 0 aromatic carbocycles. The van der Waals surface area contributed by atoms with Crippen LogP contribution in [0.5, 0.6) is 0 Å². The Morgan fingerprint density at radius 1 is 0.303 bits per heavy atom. The summed E-state index contributed by atoms with van der Waals surface area (Å²) in [5.41, 5.74) is 0. The molecule has 6 nitrogen and oxygen atoms in total. The lowest BCUT2D eigenvalue weighted by Crippen LogP contribution is -2.30. The predicted octanol–water partition coefficient (Wildman–Crippen LogP) is 18.6. The molecule has 0 N–H and O–H groups in total. The van der Waals surface area contributed by atoms with Gasteiger partial charge in [0.15, 0.2) is 6.10 Å². The Bertz CT molecular complexity index is 1240. The maximum atomic E-state index is 12.8. The smallest absolute Gasteiger partial charge is 0.306 e. The SMILES string of the molecule is CCCC/C=C\C=C/CCCCCC(=O)OCC(COC(=O)CCCCCCCCCCCC/C=C\C=C/CCCCC)OC(=O)CCCCCCC/C=C\C=C/CCCCCCCCC. The van der Waals surface area contributed by atoms with Gasteiger partial charge in [-0.2, -0.15) is 0 Å². The lowest BCUT2D eigenvalue weighted by atomic mass is 10.1. The van der Waals surface area contributed by atoms with Crippen molar-refractivity contribution in [1.82, 2.24) is 0 Å². The van der Waals surface area contributed by atoms with E-state index in [1.54, 1.807) is 0 Å². The highest BCUT2D eigenvalue weighted by Gasteiger charge is 2.19. The second kappa shape index (κ2) is 54.5. The van der Waals surface area contributed by atoms with E-state index in [1.807, 2.05) is 0 Å². The van der Waals surface area contributed by atoms with E-state index in [4.69, 9.17) is 14.2 Å². The molecule has 0 aliphatic carbocycles. The van der Waals surface area contributed by atoms with E-state index in [-0.39, 0.29) is 31.1 Å². The number of unbranched alkanes of at least 4 members (excludes halogenated alkanes) is 30. The zero-order valence-electron chi connectivity index (χ0n) is 43.4. The summed E-state index contributed by atoms with van der Waals surface area (Å²) in [4.78, 5) is 38.0. The molecule has 0 saturated carbocycles. The predicted molar refractivity (Wildman–Crippen MR) is 284 cm³/mol. The lowest BCUT2D eigenvalue weighted by Gasteiger charge is -2.18. The van der Waals surface area contributed by atoms with Crippen molar-refractivity contribution in [1.29, 1.82) is 0 Å². The van der Waals surface area contributed by atoms with E-state index in [1.165, 1.54) is 141 Å². The van der Waals surface area contributed by atoms with Gasteiger partial charge in [-0.3, -0.25) is 14.4 Å². The Hall–Kier alpha value is -3.15. The summed E-state index contributed by atoms with van der Waals surface area (Å²) in [6.07, 6.45) is 68.9. The highest BCUT2D eigenvalue weighted by atomic mass is 16.6. The molecule has 66 heavy (non-hydrogen) atoms. The van der Waals surface area contributed by atoms with Crippen LogP contribution >= 0.6 is 0 Å². The highest BCUT2D eigenvalue weighted by molar-refractivity contribution is 5.71. The quantitative estimate of drug-likeness (QED) is 0.0262. The Morgan fingerprint density at radius 2 is 0.545 bits per heavy atom. The molecule has 6 heteroatoms. The average molecular weight is 921 g/mol. The van der Waals surface area contributed by atoms with Crippen LogP contribution in [0.15, 0.2) is 72.9 Å². The normalized spacial score (nSPS) is 12.6. The number of ether oxygens (including phenoxy) is 3. The van der Waals surface area contributed by atoms with E-state index in [0.29, 0.717) is 19.3 Å². The number of esters is 3. The minimum absolute atomic E-state index is 0.0919. The van der Waals surface area contributed by atoms with Gasteiger partial charge in [-0.15, -0.1) is 0 Å². The Morgan fingerprint density at radius 3 is 0.894 bits per heavy atom. The van der Waals surface area contributed by atoms with Crippen molar-refractivity contribution in [3.63, 3.8) is 0 Å². The van der Waals surface area contributed by atoms with Crippen molar-refractivity contribution in [2.45, 2.75) is 277 Å². The van der Waals surface area contributed by atoms with Crippen LogP contribution in [0.1, 0.15) is 271 Å². The van der Waals surface area contributed by atoms with Crippen LogP contribution in [0.2, 0.25) is 0 Å². The molecule has 380 valence electrons. The van der Waals surface area contributed by atoms with Gasteiger partial charge in [0.05, 0.1) is 0 Å². The zero-order valence-corrected chi connectivity index (χ0v) is 43.4. The van der Waals surface area contributed by atoms with Crippen molar-refractivity contribution in [2.24, 2.45) is 0 Å². The van der Waals surface area contributed by atoms with Gasteiger partial charge in [0, 0.05) is 19.3 Å². The van der Waals surface area contributed by atoms with Crippen molar-refractivity contribution >= 4 is 17.9 Å². The van der Waals surface area contributed by atoms with Gasteiger partial charge in [0.25, 0.3) is 0 Å². The van der Waals surface area contributed by atoms with Gasteiger partial charge < -0.3 is 14.2 Å². The first-order valence-corrected chi connectivity index (χ1v) is 28.0. The molecule has 0 bridgehead atoms. The number of hydrogen-bond acceptors (Lipinski definition) is 6. The van der Waals surface area contributed by atoms with Crippen LogP contribution in [0, 0.1) is 0 Å². The van der Waals surface area contributed by atoms with Gasteiger partial charge in [-0.05, 0) is 89.9 Å². The summed E-state index contributed by atoms with van der Waals surface area (Å²) in [7, 11) is 0. The van der Waals surface area contributed by atoms with Gasteiger partial charge in [-0.1, -0.05) is 235 Å². The monoisotopic (exact) mass is 921 g/mol. The average Bonchev–Trinajstić information content (AvgIpc) is 3.31. The second-order valence-electron chi connectivity index (χ2n) is 18.6. The van der Waals surface area contributed by atoms with E-state index >= 15 is 0 Å². The maximum Gasteiger partial charge on any atom is 0.306 e. The Balaban J connectivity index is 4.38. The molecule has 0 aromatic heterocycles. The van der Waals surface area contributed by atoms with Crippen molar-refractivity contribution in [3.8, 4) is 0 Å². The summed E-state index contributed by atoms with van der Waals surface area (Å²) in [5, 5.41) is 0. The Labute approximate surface area is 408 Å². The molecule has 1 unspecified atom stereocenters. The lowest BCUT2D eigenvalue weighted by molar-refractivity contribution is -0.167. The minimum Gasteiger partial charge on any atom is -0.462 e. The molecule has 0 aliphatic heterocycles. The summed E-state index contributed by atoms with van der Waals surface area (Å²) < 4.78 is 16.8. The molecule has 0 amide bonds. The molecule has 0 aliphatic rings. The van der Waals surface area contributed by atoms with Crippen LogP contribution in [0.4, 0.5) is 0 Å². The third kappa shape index (κ3) is 51.8. The minimum atomic E-state index is -0.795. The topological polar surface area (TPSA) is 78.9 Å². The van der Waals surface area contributed by atoms with Crippen molar-refractivity contribution < 1.29 is 28.6 Å². The molecule has 1 atom stereocenters. The molecular weight excluding hydrogens is 817 g/mol. The molecule has 0 spiro atoms. The third-order valence-corrected chi connectivity index (χ3v) is 12.0. The Kier molecular flexibility index (Phi) is 51.9. The number of hydrogen-bond donors (Lipinski definition) is 0. The van der Waals surface area contributed by atoms with Gasteiger partial charge in [0.1, 0.15) is 13.2 Å². The number of carbonyl (C=O) groups excluding carboxylic acids is 3. The summed E-state index contributed by atoms with van der Waals surface area (Å²) in [5.74, 6) is -0.934. The molecule has 0 fully saturated rings. The fourth-order valence-corrected chi connectivity index (χ4v) is 7.70. The number of carbonyl (C=O) groups is 3. The van der Waals surface area contributed by atoms with E-state index in [9.17, 15) is 14.4 Å². The van der Waals surface area contributed by atoms with Gasteiger partial charge in [-0.25, -0.2) is 0 Å². The van der Waals surface area contributed by atoms with Crippen LogP contribution in [-0.2, 0) is 28.6 Å². The summed E-state index contributed by atoms with van der Waals surface area (Å²) >= 11 is 0. The van der Waals surface area contributed by atoms with Crippen LogP contribution in [0.3, 0.4) is 0 Å². The second-order valence-corrected chi connectivity index (χ2v) is 18.6. The molecule has 0 radical (unpaired) electrons. The van der Waals surface area contributed by atoms with Crippen molar-refractivity contribution in [3.05, 3.63) is 72.9 Å². The van der Waals surface area contributed by atoms with Crippen molar-refractivity contribution in [2.75, 3.05) is 13.2 Å². The van der Waals surface area contributed by atoms with Crippen LogP contribution in [-0.4, -0.2) is 37.2 Å². The molecule has 0 rings (SSSR count). The first-order chi connectivity index (χ1) is 32.5. The largest absolute Gasteiger partial charge is 0.462 e. The first kappa shape index (κ1) is 62.8. The van der Waals surface area contributed by atoms with E-state index < -0.39 is 6.10 Å². The summed E-state index contributed by atoms with van der Waals surface area (Å²) in [6.45, 7) is 6.53. The van der Waals surface area contributed by atoms with Gasteiger partial charge >= 0.3 is 17.9 Å². The third-order valence-electron chi connectivity index (χ3n) is 12.0.